The van der Waals surface area contributed by atoms with E-state index in [0.717, 1.165) is 0 Å². The molecule has 0 aliphatic heterocycles. The molecule has 0 aliphatic rings. The summed E-state index contributed by atoms with van der Waals surface area (Å²) >= 11 is 0. The van der Waals surface area contributed by atoms with Crippen molar-refractivity contribution in [2.45, 2.75) is 6.92 Å². The Kier molecular flexibility index (Phi) is 2.22. The molecule has 1 aromatic carbocycles. The Morgan fingerprint density at radius 2 is 2.27 bits per heavy atom. The normalized spacial score (nSPS) is 9.93. The molecule has 0 saturated heterocycles. The van der Waals surface area contributed by atoms with Gasteiger partial charge in [0.05, 0.1) is 23.4 Å². The fourth-order valence-electron chi connectivity index (χ4n) is 1.27. The topological polar surface area (TPSA) is 49.8 Å². The third-order valence-corrected chi connectivity index (χ3v) is 1.95. The third kappa shape index (κ3) is 1.72. The summed E-state index contributed by atoms with van der Waals surface area (Å²) < 4.78 is 18.2. The minimum Gasteiger partial charge on any atom is -0.441 e. The number of halogens is 1. The molecule has 0 unspecified atom stereocenters. The van der Waals surface area contributed by atoms with Crippen molar-refractivity contribution >= 4 is 0 Å². The summed E-state index contributed by atoms with van der Waals surface area (Å²) in [6.07, 6.45) is 1.53. The maximum Gasteiger partial charge on any atom is 0.227 e. The summed E-state index contributed by atoms with van der Waals surface area (Å²) in [5, 5.41) is 8.84. The molecule has 15 heavy (non-hydrogen) atoms. The highest BCUT2D eigenvalue weighted by atomic mass is 19.1. The van der Waals surface area contributed by atoms with Crippen molar-refractivity contribution in [1.82, 2.24) is 4.98 Å². The van der Waals surface area contributed by atoms with Crippen LogP contribution in [0.3, 0.4) is 0 Å². The van der Waals surface area contributed by atoms with Gasteiger partial charge in [-0.15, -0.1) is 0 Å². The lowest BCUT2D eigenvalue weighted by molar-refractivity contribution is 0.541. The van der Waals surface area contributed by atoms with Crippen molar-refractivity contribution in [1.29, 1.82) is 5.26 Å². The molecule has 0 bridgehead atoms. The lowest BCUT2D eigenvalue weighted by Crippen LogP contribution is -1.86. The number of aryl methyl sites for hydroxylation is 1. The Morgan fingerprint density at radius 1 is 1.47 bits per heavy atom. The summed E-state index contributed by atoms with van der Waals surface area (Å²) in [5.74, 6) is 0.474. The van der Waals surface area contributed by atoms with Gasteiger partial charge in [-0.25, -0.2) is 9.37 Å². The second-order valence-corrected chi connectivity index (χ2v) is 3.08. The van der Waals surface area contributed by atoms with E-state index in [9.17, 15) is 4.39 Å². The van der Waals surface area contributed by atoms with Crippen LogP contribution in [-0.4, -0.2) is 4.98 Å². The molecule has 0 N–H and O–H groups in total. The van der Waals surface area contributed by atoms with Crippen molar-refractivity contribution in [2.24, 2.45) is 0 Å². The van der Waals surface area contributed by atoms with E-state index >= 15 is 0 Å². The van der Waals surface area contributed by atoms with Gasteiger partial charge in [0.1, 0.15) is 11.6 Å². The van der Waals surface area contributed by atoms with Crippen LogP contribution in [0.25, 0.3) is 11.5 Å². The van der Waals surface area contributed by atoms with Gasteiger partial charge in [0.15, 0.2) is 0 Å². The second-order valence-electron chi connectivity index (χ2n) is 3.08. The molecule has 0 aliphatic carbocycles. The van der Waals surface area contributed by atoms with Crippen molar-refractivity contribution in [3.8, 4) is 17.5 Å². The van der Waals surface area contributed by atoms with E-state index in [0.29, 0.717) is 16.9 Å². The Labute approximate surface area is 85.8 Å². The quantitative estimate of drug-likeness (QED) is 0.714. The number of nitrogens with zero attached hydrogens (tertiary/aromatic N) is 2. The maximum atomic E-state index is 13.0. The number of rotatable bonds is 1. The SMILES string of the molecule is Cc1cnc(-c2cc(F)ccc2C#N)o1. The maximum absolute atomic E-state index is 13.0. The zero-order chi connectivity index (χ0) is 10.8. The van der Waals surface area contributed by atoms with Crippen LogP contribution in [-0.2, 0) is 0 Å². The molecule has 2 rings (SSSR count). The first-order chi connectivity index (χ1) is 7.20. The van der Waals surface area contributed by atoms with Gasteiger partial charge >= 0.3 is 0 Å². The molecule has 0 fully saturated rings. The van der Waals surface area contributed by atoms with E-state index in [1.54, 1.807) is 6.92 Å². The molecular formula is C11H7FN2O. The summed E-state index contributed by atoms with van der Waals surface area (Å²) in [5.41, 5.74) is 0.726. The lowest BCUT2D eigenvalue weighted by Gasteiger charge is -1.98. The van der Waals surface area contributed by atoms with Crippen molar-refractivity contribution in [2.75, 3.05) is 0 Å². The van der Waals surface area contributed by atoms with Crippen LogP contribution < -0.4 is 0 Å². The van der Waals surface area contributed by atoms with E-state index < -0.39 is 5.82 Å². The standard InChI is InChI=1S/C11H7FN2O/c1-7-6-14-11(15-7)10-4-9(12)3-2-8(10)5-13/h2-4,6H,1H3. The van der Waals surface area contributed by atoms with Gasteiger partial charge in [0.25, 0.3) is 0 Å². The Morgan fingerprint density at radius 3 is 2.87 bits per heavy atom. The molecule has 0 spiro atoms. The fourth-order valence-corrected chi connectivity index (χ4v) is 1.27. The average Bonchev–Trinajstić information content (AvgIpc) is 2.65. The first kappa shape index (κ1) is 9.41. The predicted molar refractivity (Wildman–Crippen MR) is 51.3 cm³/mol. The van der Waals surface area contributed by atoms with E-state index in [4.69, 9.17) is 9.68 Å². The van der Waals surface area contributed by atoms with Crippen LogP contribution in [0.4, 0.5) is 4.39 Å². The molecular weight excluding hydrogens is 195 g/mol. The smallest absolute Gasteiger partial charge is 0.227 e. The summed E-state index contributed by atoms with van der Waals surface area (Å²) in [6.45, 7) is 1.74. The predicted octanol–water partition coefficient (Wildman–Crippen LogP) is 2.66. The molecule has 4 heteroatoms. The fraction of sp³-hybridized carbons (Fsp3) is 0.0909. The summed E-state index contributed by atoms with van der Waals surface area (Å²) in [4.78, 5) is 3.95. The number of nitriles is 1. The Bertz CT molecular complexity index is 540. The lowest BCUT2D eigenvalue weighted by atomic mass is 10.1. The van der Waals surface area contributed by atoms with Crippen LogP contribution in [0.5, 0.6) is 0 Å². The molecule has 2 aromatic rings. The van der Waals surface area contributed by atoms with E-state index in [1.807, 2.05) is 6.07 Å². The molecule has 1 heterocycles. The van der Waals surface area contributed by atoms with Gasteiger partial charge in [-0.05, 0) is 25.1 Å². The second kappa shape index (κ2) is 3.54. The van der Waals surface area contributed by atoms with Crippen LogP contribution >= 0.6 is 0 Å². The van der Waals surface area contributed by atoms with Gasteiger partial charge < -0.3 is 4.42 Å². The number of benzene rings is 1. The summed E-state index contributed by atoms with van der Waals surface area (Å²) in [7, 11) is 0. The van der Waals surface area contributed by atoms with Crippen molar-refractivity contribution < 1.29 is 8.81 Å². The number of aromatic nitrogens is 1. The van der Waals surface area contributed by atoms with Gasteiger partial charge in [-0.1, -0.05) is 0 Å². The van der Waals surface area contributed by atoms with Gasteiger partial charge in [-0.3, -0.25) is 0 Å². The Hall–Kier alpha value is -2.15. The van der Waals surface area contributed by atoms with Crippen molar-refractivity contribution in [3.63, 3.8) is 0 Å². The first-order valence-electron chi connectivity index (χ1n) is 4.33. The minimum atomic E-state index is -0.417. The molecule has 74 valence electrons. The van der Waals surface area contributed by atoms with Crippen molar-refractivity contribution in [3.05, 3.63) is 41.5 Å². The van der Waals surface area contributed by atoms with Gasteiger partial charge in [0, 0.05) is 0 Å². The van der Waals surface area contributed by atoms with Crippen LogP contribution in [0, 0.1) is 24.1 Å². The monoisotopic (exact) mass is 202 g/mol. The summed E-state index contributed by atoms with van der Waals surface area (Å²) in [6, 6.07) is 5.84. The minimum absolute atomic E-state index is 0.267. The van der Waals surface area contributed by atoms with Crippen LogP contribution in [0.2, 0.25) is 0 Å². The third-order valence-electron chi connectivity index (χ3n) is 1.95. The molecule has 0 atom stereocenters. The largest absolute Gasteiger partial charge is 0.441 e. The van der Waals surface area contributed by atoms with E-state index in [2.05, 4.69) is 4.98 Å². The average molecular weight is 202 g/mol. The zero-order valence-corrected chi connectivity index (χ0v) is 7.99. The van der Waals surface area contributed by atoms with E-state index in [-0.39, 0.29) is 5.89 Å². The number of oxazole rings is 1. The van der Waals surface area contributed by atoms with Gasteiger partial charge in [0.2, 0.25) is 5.89 Å². The highest BCUT2D eigenvalue weighted by molar-refractivity contribution is 5.63. The molecule has 0 saturated carbocycles. The number of hydrogen-bond donors (Lipinski definition) is 0. The highest BCUT2D eigenvalue weighted by Crippen LogP contribution is 2.23. The zero-order valence-electron chi connectivity index (χ0n) is 7.99. The molecule has 3 nitrogen and oxygen atoms in total. The molecule has 0 amide bonds. The van der Waals surface area contributed by atoms with Crippen LogP contribution in [0.1, 0.15) is 11.3 Å². The Balaban J connectivity index is 2.61. The highest BCUT2D eigenvalue weighted by Gasteiger charge is 2.11. The number of hydrogen-bond acceptors (Lipinski definition) is 3. The van der Waals surface area contributed by atoms with Crippen LogP contribution in [0.15, 0.2) is 28.8 Å². The van der Waals surface area contributed by atoms with Gasteiger partial charge in [-0.2, -0.15) is 5.26 Å². The molecule has 0 radical (unpaired) electrons. The molecule has 1 aromatic heterocycles. The first-order valence-corrected chi connectivity index (χ1v) is 4.33. The van der Waals surface area contributed by atoms with E-state index in [1.165, 1.54) is 24.4 Å².